The van der Waals surface area contributed by atoms with Crippen LogP contribution in [-0.2, 0) is 11.3 Å². The van der Waals surface area contributed by atoms with E-state index in [9.17, 15) is 14.9 Å². The summed E-state index contributed by atoms with van der Waals surface area (Å²) >= 11 is 0. The number of likely N-dealkylation sites (tertiary alicyclic amines) is 1. The SMILES string of the molecule is O=C1NCNC12CCN(Cc1occc1[N+](=O)[O-])CC2. The number of amides is 1. The third-order valence-corrected chi connectivity index (χ3v) is 4.11. The Labute approximate surface area is 115 Å². The number of nitro groups is 1. The van der Waals surface area contributed by atoms with Gasteiger partial charge in [-0.1, -0.05) is 0 Å². The van der Waals surface area contributed by atoms with E-state index in [0.717, 1.165) is 0 Å². The highest BCUT2D eigenvalue weighted by Crippen LogP contribution is 2.27. The van der Waals surface area contributed by atoms with Gasteiger partial charge in [-0.05, 0) is 12.8 Å². The minimum Gasteiger partial charge on any atom is -0.461 e. The number of carbonyl (C=O) groups excluding carboxylic acids is 1. The molecule has 3 rings (SSSR count). The smallest absolute Gasteiger partial charge is 0.311 e. The number of furan rings is 1. The number of rotatable bonds is 3. The highest BCUT2D eigenvalue weighted by molar-refractivity contribution is 5.88. The fourth-order valence-electron chi connectivity index (χ4n) is 2.86. The van der Waals surface area contributed by atoms with Crippen molar-refractivity contribution in [3.05, 3.63) is 28.2 Å². The van der Waals surface area contributed by atoms with Crippen molar-refractivity contribution in [1.29, 1.82) is 0 Å². The summed E-state index contributed by atoms with van der Waals surface area (Å²) in [5, 5.41) is 16.8. The van der Waals surface area contributed by atoms with E-state index in [2.05, 4.69) is 15.5 Å². The number of nitrogens with zero attached hydrogens (tertiary/aromatic N) is 2. The summed E-state index contributed by atoms with van der Waals surface area (Å²) in [4.78, 5) is 24.3. The fourth-order valence-corrected chi connectivity index (χ4v) is 2.86. The van der Waals surface area contributed by atoms with Gasteiger partial charge in [-0.25, -0.2) is 0 Å². The molecular weight excluding hydrogens is 264 g/mol. The molecule has 0 aromatic carbocycles. The maximum atomic E-state index is 11.8. The molecule has 0 bridgehead atoms. The minimum atomic E-state index is -0.453. The molecule has 20 heavy (non-hydrogen) atoms. The molecule has 0 atom stereocenters. The van der Waals surface area contributed by atoms with Gasteiger partial charge < -0.3 is 9.73 Å². The van der Waals surface area contributed by atoms with Crippen LogP contribution >= 0.6 is 0 Å². The van der Waals surface area contributed by atoms with Crippen LogP contribution in [0.3, 0.4) is 0 Å². The molecule has 108 valence electrons. The van der Waals surface area contributed by atoms with Crippen molar-refractivity contribution in [2.24, 2.45) is 0 Å². The number of piperidine rings is 1. The van der Waals surface area contributed by atoms with Crippen molar-refractivity contribution < 1.29 is 14.1 Å². The minimum absolute atomic E-state index is 0.0158. The Balaban J connectivity index is 1.63. The third-order valence-electron chi connectivity index (χ3n) is 4.11. The highest BCUT2D eigenvalue weighted by atomic mass is 16.6. The molecule has 1 aromatic rings. The lowest BCUT2D eigenvalue weighted by Gasteiger charge is -2.36. The number of carbonyl (C=O) groups is 1. The van der Waals surface area contributed by atoms with Crippen LogP contribution in [0.25, 0.3) is 0 Å². The van der Waals surface area contributed by atoms with E-state index in [1.165, 1.54) is 12.3 Å². The van der Waals surface area contributed by atoms with Gasteiger partial charge in [0.25, 0.3) is 0 Å². The average molecular weight is 280 g/mol. The molecule has 2 aliphatic heterocycles. The molecule has 0 aliphatic carbocycles. The maximum absolute atomic E-state index is 11.8. The summed E-state index contributed by atoms with van der Waals surface area (Å²) in [5.74, 6) is 0.427. The predicted molar refractivity (Wildman–Crippen MR) is 68.7 cm³/mol. The van der Waals surface area contributed by atoms with Gasteiger partial charge >= 0.3 is 5.69 Å². The lowest BCUT2D eigenvalue weighted by Crippen LogP contribution is -2.54. The molecule has 3 heterocycles. The first-order valence-corrected chi connectivity index (χ1v) is 6.57. The largest absolute Gasteiger partial charge is 0.461 e. The molecule has 1 spiro atoms. The Morgan fingerprint density at radius 2 is 2.20 bits per heavy atom. The molecule has 1 amide bonds. The predicted octanol–water partition coefficient (Wildman–Crippen LogP) is 0.199. The van der Waals surface area contributed by atoms with Gasteiger partial charge in [-0.15, -0.1) is 0 Å². The third kappa shape index (κ3) is 2.16. The molecular formula is C12H16N4O4. The van der Waals surface area contributed by atoms with Crippen molar-refractivity contribution in [3.8, 4) is 0 Å². The Morgan fingerprint density at radius 1 is 1.45 bits per heavy atom. The summed E-state index contributed by atoms with van der Waals surface area (Å²) in [7, 11) is 0. The Hall–Kier alpha value is -1.93. The normalized spacial score (nSPS) is 22.1. The van der Waals surface area contributed by atoms with E-state index in [0.29, 0.717) is 44.9 Å². The van der Waals surface area contributed by atoms with E-state index in [1.807, 2.05) is 0 Å². The molecule has 0 radical (unpaired) electrons. The van der Waals surface area contributed by atoms with Crippen molar-refractivity contribution in [3.63, 3.8) is 0 Å². The van der Waals surface area contributed by atoms with Gasteiger partial charge in [-0.2, -0.15) is 0 Å². The standard InChI is InChI=1S/C12H16N4O4/c17-11-12(14-8-13-11)2-4-15(5-3-12)7-10-9(16(18)19)1-6-20-10/h1,6,14H,2-5,7-8H2,(H,13,17). The maximum Gasteiger partial charge on any atom is 0.311 e. The fraction of sp³-hybridized carbons (Fsp3) is 0.583. The summed E-state index contributed by atoms with van der Waals surface area (Å²) in [6.45, 7) is 2.33. The zero-order valence-corrected chi connectivity index (χ0v) is 10.9. The van der Waals surface area contributed by atoms with Crippen LogP contribution in [0.4, 0.5) is 5.69 Å². The quantitative estimate of drug-likeness (QED) is 0.606. The van der Waals surface area contributed by atoms with Gasteiger partial charge in [0.05, 0.1) is 30.5 Å². The number of nitrogens with one attached hydrogen (secondary N) is 2. The lowest BCUT2D eigenvalue weighted by atomic mass is 9.88. The van der Waals surface area contributed by atoms with Gasteiger partial charge in [0, 0.05) is 13.1 Å². The van der Waals surface area contributed by atoms with Crippen molar-refractivity contribution in [1.82, 2.24) is 15.5 Å². The summed E-state index contributed by atoms with van der Waals surface area (Å²) in [6.07, 6.45) is 2.74. The van der Waals surface area contributed by atoms with Crippen molar-refractivity contribution >= 4 is 11.6 Å². The van der Waals surface area contributed by atoms with E-state index in [1.54, 1.807) is 0 Å². The van der Waals surface area contributed by atoms with Crippen LogP contribution in [0.1, 0.15) is 18.6 Å². The second kappa shape index (κ2) is 4.88. The molecule has 8 nitrogen and oxygen atoms in total. The van der Waals surface area contributed by atoms with Gasteiger partial charge in [0.15, 0.2) is 5.76 Å². The molecule has 8 heteroatoms. The van der Waals surface area contributed by atoms with E-state index >= 15 is 0 Å². The molecule has 2 aliphatic rings. The zero-order chi connectivity index (χ0) is 14.2. The topological polar surface area (TPSA) is 101 Å². The Morgan fingerprint density at radius 3 is 2.80 bits per heavy atom. The molecule has 1 aromatic heterocycles. The zero-order valence-electron chi connectivity index (χ0n) is 10.9. The van der Waals surface area contributed by atoms with E-state index in [4.69, 9.17) is 4.42 Å². The lowest BCUT2D eigenvalue weighted by molar-refractivity contribution is -0.386. The summed E-state index contributed by atoms with van der Waals surface area (Å²) < 4.78 is 5.19. The first kappa shape index (κ1) is 13.1. The van der Waals surface area contributed by atoms with Crippen LogP contribution in [0.5, 0.6) is 0 Å². The van der Waals surface area contributed by atoms with Gasteiger partial charge in [-0.3, -0.25) is 25.1 Å². The van der Waals surface area contributed by atoms with E-state index in [-0.39, 0.29) is 11.6 Å². The summed E-state index contributed by atoms with van der Waals surface area (Å²) in [5.41, 5.74) is -0.437. The second-order valence-corrected chi connectivity index (χ2v) is 5.20. The van der Waals surface area contributed by atoms with Crippen LogP contribution in [0, 0.1) is 10.1 Å². The average Bonchev–Trinajstić information content (AvgIpc) is 3.01. The van der Waals surface area contributed by atoms with Crippen LogP contribution < -0.4 is 10.6 Å². The number of hydrogen-bond donors (Lipinski definition) is 2. The van der Waals surface area contributed by atoms with Crippen molar-refractivity contribution in [2.45, 2.75) is 24.9 Å². The van der Waals surface area contributed by atoms with Crippen molar-refractivity contribution in [2.75, 3.05) is 19.8 Å². The van der Waals surface area contributed by atoms with Crippen LogP contribution in [0.15, 0.2) is 16.7 Å². The molecule has 0 unspecified atom stereocenters. The Bertz CT molecular complexity index is 533. The van der Waals surface area contributed by atoms with E-state index < -0.39 is 10.5 Å². The second-order valence-electron chi connectivity index (χ2n) is 5.20. The van der Waals surface area contributed by atoms with Gasteiger partial charge in [0.2, 0.25) is 5.91 Å². The first-order chi connectivity index (χ1) is 9.61. The molecule has 2 saturated heterocycles. The molecule has 0 saturated carbocycles. The Kier molecular flexibility index (Phi) is 3.19. The molecule has 2 N–H and O–H groups in total. The highest BCUT2D eigenvalue weighted by Gasteiger charge is 2.44. The van der Waals surface area contributed by atoms with Crippen LogP contribution in [0.2, 0.25) is 0 Å². The van der Waals surface area contributed by atoms with Gasteiger partial charge in [0.1, 0.15) is 5.54 Å². The first-order valence-electron chi connectivity index (χ1n) is 6.57. The summed E-state index contributed by atoms with van der Waals surface area (Å²) in [6, 6.07) is 1.37. The number of hydrogen-bond acceptors (Lipinski definition) is 6. The monoisotopic (exact) mass is 280 g/mol. The van der Waals surface area contributed by atoms with Crippen LogP contribution in [-0.4, -0.2) is 41.0 Å². The molecule has 2 fully saturated rings.